The molecule has 0 spiro atoms. The molecule has 7 nitrogen and oxygen atoms in total. The zero-order chi connectivity index (χ0) is 19.0. The van der Waals surface area contributed by atoms with Crippen LogP contribution in [0, 0.1) is 0 Å². The second-order valence-electron chi connectivity index (χ2n) is 8.08. The van der Waals surface area contributed by atoms with Gasteiger partial charge in [0.15, 0.2) is 0 Å². The highest BCUT2D eigenvalue weighted by atomic mass is 16.2. The summed E-state index contributed by atoms with van der Waals surface area (Å²) < 4.78 is 0. The van der Waals surface area contributed by atoms with Crippen molar-refractivity contribution in [1.29, 1.82) is 0 Å². The van der Waals surface area contributed by atoms with E-state index in [1.807, 2.05) is 22.9 Å². The second kappa shape index (κ2) is 7.54. The number of aromatic nitrogens is 2. The van der Waals surface area contributed by atoms with E-state index in [2.05, 4.69) is 9.88 Å². The van der Waals surface area contributed by atoms with Gasteiger partial charge in [-0.3, -0.25) is 14.5 Å². The van der Waals surface area contributed by atoms with Gasteiger partial charge in [0.25, 0.3) is 0 Å². The molecular weight excluding hydrogens is 342 g/mol. The van der Waals surface area contributed by atoms with E-state index >= 15 is 0 Å². The summed E-state index contributed by atoms with van der Waals surface area (Å²) in [6.07, 6.45) is 6.00. The molecular formula is C20H29N5O2. The number of rotatable bonds is 3. The smallest absolute Gasteiger partial charge is 0.239 e. The van der Waals surface area contributed by atoms with Gasteiger partial charge < -0.3 is 9.80 Å². The minimum absolute atomic E-state index is 0.0368. The number of likely N-dealkylation sites (tertiary alicyclic amines) is 2. The Bertz CT molecular complexity index is 731. The highest BCUT2D eigenvalue weighted by Gasteiger charge is 2.32. The van der Waals surface area contributed by atoms with Crippen LogP contribution in [0.4, 0.5) is 0 Å². The molecule has 0 unspecified atom stereocenters. The van der Waals surface area contributed by atoms with Gasteiger partial charge in [0.05, 0.1) is 11.7 Å². The fourth-order valence-electron chi connectivity index (χ4n) is 4.52. The maximum atomic E-state index is 12.9. The third kappa shape index (κ3) is 3.70. The zero-order valence-corrected chi connectivity index (χ0v) is 16.4. The fourth-order valence-corrected chi connectivity index (χ4v) is 4.52. The Morgan fingerprint density at radius 1 is 1.15 bits per heavy atom. The third-order valence-electron chi connectivity index (χ3n) is 6.31. The normalized spacial score (nSPS) is 24.1. The molecule has 2 saturated heterocycles. The molecule has 4 heterocycles. The maximum absolute atomic E-state index is 12.9. The van der Waals surface area contributed by atoms with Gasteiger partial charge in [-0.2, -0.15) is 0 Å². The summed E-state index contributed by atoms with van der Waals surface area (Å²) in [6.45, 7) is 8.55. The van der Waals surface area contributed by atoms with Crippen molar-refractivity contribution in [2.24, 2.45) is 0 Å². The van der Waals surface area contributed by atoms with E-state index in [1.54, 1.807) is 6.92 Å². The molecule has 2 amide bonds. The maximum Gasteiger partial charge on any atom is 0.239 e. The average molecular weight is 371 g/mol. The molecule has 1 aromatic rings. The molecule has 0 aromatic carbocycles. The number of nitrogens with zero attached hydrogens (tertiary/aromatic N) is 5. The highest BCUT2D eigenvalue weighted by molar-refractivity contribution is 5.81. The Morgan fingerprint density at radius 2 is 1.93 bits per heavy atom. The van der Waals surface area contributed by atoms with Crippen LogP contribution in [0.15, 0.2) is 6.20 Å². The fraction of sp³-hybridized carbons (Fsp3) is 0.700. The molecule has 27 heavy (non-hydrogen) atoms. The largest absolute Gasteiger partial charge is 0.342 e. The van der Waals surface area contributed by atoms with Crippen LogP contribution in [0.5, 0.6) is 0 Å². The van der Waals surface area contributed by atoms with E-state index in [4.69, 9.17) is 4.98 Å². The molecule has 4 rings (SSSR count). The first-order valence-electron chi connectivity index (χ1n) is 10.2. The Kier molecular flexibility index (Phi) is 5.12. The number of hydrogen-bond donors (Lipinski definition) is 0. The van der Waals surface area contributed by atoms with Gasteiger partial charge in [0.1, 0.15) is 5.82 Å². The van der Waals surface area contributed by atoms with Crippen LogP contribution < -0.4 is 0 Å². The number of hydrogen-bond acceptors (Lipinski definition) is 5. The second-order valence-corrected chi connectivity index (χ2v) is 8.08. The molecule has 146 valence electrons. The van der Waals surface area contributed by atoms with Crippen LogP contribution in [-0.2, 0) is 22.6 Å². The van der Waals surface area contributed by atoms with Gasteiger partial charge in [-0.25, -0.2) is 9.97 Å². The van der Waals surface area contributed by atoms with Crippen molar-refractivity contribution in [1.82, 2.24) is 24.7 Å². The minimum atomic E-state index is -0.0368. The first-order valence-corrected chi connectivity index (χ1v) is 10.2. The van der Waals surface area contributed by atoms with E-state index in [1.165, 1.54) is 12.8 Å². The van der Waals surface area contributed by atoms with Crippen LogP contribution in [0.1, 0.15) is 56.1 Å². The summed E-state index contributed by atoms with van der Waals surface area (Å²) in [4.78, 5) is 39.9. The predicted molar refractivity (Wildman–Crippen MR) is 101 cm³/mol. The Morgan fingerprint density at radius 3 is 2.63 bits per heavy atom. The lowest BCUT2D eigenvalue weighted by atomic mass is 10.0. The van der Waals surface area contributed by atoms with Gasteiger partial charge >= 0.3 is 0 Å². The lowest BCUT2D eigenvalue weighted by molar-refractivity contribution is -0.137. The van der Waals surface area contributed by atoms with Crippen molar-refractivity contribution in [2.75, 3.05) is 32.7 Å². The van der Waals surface area contributed by atoms with Gasteiger partial charge in [-0.1, -0.05) is 0 Å². The van der Waals surface area contributed by atoms with Crippen LogP contribution in [0.2, 0.25) is 0 Å². The molecule has 1 aromatic heterocycles. The topological polar surface area (TPSA) is 69.6 Å². The van der Waals surface area contributed by atoms with E-state index in [0.29, 0.717) is 13.1 Å². The van der Waals surface area contributed by atoms with Gasteiger partial charge in [0, 0.05) is 57.2 Å². The predicted octanol–water partition coefficient (Wildman–Crippen LogP) is 1.18. The van der Waals surface area contributed by atoms with Crippen molar-refractivity contribution in [3.8, 4) is 0 Å². The first-order chi connectivity index (χ1) is 13.0. The van der Waals surface area contributed by atoms with Gasteiger partial charge in [-0.15, -0.1) is 0 Å². The molecule has 0 saturated carbocycles. The van der Waals surface area contributed by atoms with Crippen molar-refractivity contribution >= 4 is 11.8 Å². The lowest BCUT2D eigenvalue weighted by Gasteiger charge is -2.33. The SMILES string of the molecule is CC(=O)N1CC[C@H](c2ncc3c(n2)CCN(C(=O)[C@@H](C)N2CCCC2)C3)C1. The number of fused-ring (bicyclic) bond motifs is 1. The summed E-state index contributed by atoms with van der Waals surface area (Å²) in [5.41, 5.74) is 2.13. The van der Waals surface area contributed by atoms with E-state index in [0.717, 1.165) is 56.1 Å². The van der Waals surface area contributed by atoms with Crippen LogP contribution >= 0.6 is 0 Å². The van der Waals surface area contributed by atoms with Crippen LogP contribution in [0.25, 0.3) is 0 Å². The summed E-state index contributed by atoms with van der Waals surface area (Å²) in [6, 6.07) is -0.0368. The Balaban J connectivity index is 1.42. The molecule has 0 N–H and O–H groups in total. The van der Waals surface area contributed by atoms with Gasteiger partial charge in [0.2, 0.25) is 11.8 Å². The average Bonchev–Trinajstić information content (AvgIpc) is 3.38. The molecule has 0 radical (unpaired) electrons. The van der Waals surface area contributed by atoms with Crippen LogP contribution in [-0.4, -0.2) is 75.2 Å². The number of carbonyl (C=O) groups is 2. The van der Waals surface area contributed by atoms with Crippen LogP contribution in [0.3, 0.4) is 0 Å². The zero-order valence-electron chi connectivity index (χ0n) is 16.4. The lowest BCUT2D eigenvalue weighted by Crippen LogP contribution is -2.47. The summed E-state index contributed by atoms with van der Waals surface area (Å²) in [5, 5.41) is 0. The highest BCUT2D eigenvalue weighted by Crippen LogP contribution is 2.27. The molecule has 2 atom stereocenters. The third-order valence-corrected chi connectivity index (χ3v) is 6.31. The molecule has 0 aliphatic carbocycles. The van der Waals surface area contributed by atoms with Crippen molar-refractivity contribution in [2.45, 2.75) is 58.0 Å². The molecule has 2 fully saturated rings. The molecule has 7 heteroatoms. The van der Waals surface area contributed by atoms with Crippen molar-refractivity contribution < 1.29 is 9.59 Å². The molecule has 0 bridgehead atoms. The molecule has 3 aliphatic rings. The van der Waals surface area contributed by atoms with Crippen molar-refractivity contribution in [3.05, 3.63) is 23.3 Å². The Hall–Kier alpha value is -2.02. The monoisotopic (exact) mass is 371 g/mol. The van der Waals surface area contributed by atoms with E-state index in [-0.39, 0.29) is 23.8 Å². The van der Waals surface area contributed by atoms with Crippen molar-refractivity contribution in [3.63, 3.8) is 0 Å². The minimum Gasteiger partial charge on any atom is -0.342 e. The quantitative estimate of drug-likeness (QED) is 0.798. The van der Waals surface area contributed by atoms with Gasteiger partial charge in [-0.05, 0) is 39.3 Å². The summed E-state index contributed by atoms with van der Waals surface area (Å²) in [7, 11) is 0. The van der Waals surface area contributed by atoms with E-state index < -0.39 is 0 Å². The Labute approximate surface area is 160 Å². The first kappa shape index (κ1) is 18.3. The number of amides is 2. The standard InChI is InChI=1S/C20H29N5O2/c1-14(23-7-3-4-8-23)20(27)25-10-6-18-17(13-25)11-21-19(22-18)16-5-9-24(12-16)15(2)26/h11,14,16H,3-10,12-13H2,1-2H3/t14-,16+/m1/s1. The number of carbonyl (C=O) groups excluding carboxylic acids is 2. The summed E-state index contributed by atoms with van der Waals surface area (Å²) >= 11 is 0. The van der Waals surface area contributed by atoms with E-state index in [9.17, 15) is 9.59 Å². The summed E-state index contributed by atoms with van der Waals surface area (Å²) in [5.74, 6) is 1.42. The molecule has 3 aliphatic heterocycles.